The number of halogens is 5. The van der Waals surface area contributed by atoms with E-state index in [-0.39, 0.29) is 6.54 Å². The van der Waals surface area contributed by atoms with Crippen LogP contribution in [0.25, 0.3) is 0 Å². The lowest BCUT2D eigenvalue weighted by molar-refractivity contribution is -0.131. The number of hydrogen-bond donors (Lipinski definition) is 1. The van der Waals surface area contributed by atoms with Crippen LogP contribution in [0.2, 0.25) is 5.02 Å². The molecule has 15 heavy (non-hydrogen) atoms. The topological polar surface area (TPSA) is 24.9 Å². The van der Waals surface area contributed by atoms with Gasteiger partial charge in [0.1, 0.15) is 5.82 Å². The van der Waals surface area contributed by atoms with Gasteiger partial charge in [0, 0.05) is 12.7 Å². The molecule has 1 aromatic rings. The molecule has 1 aromatic heterocycles. The van der Waals surface area contributed by atoms with Crippen molar-refractivity contribution in [2.75, 3.05) is 11.9 Å². The molecule has 0 aliphatic rings. The molecule has 0 aromatic carbocycles. The van der Waals surface area contributed by atoms with Gasteiger partial charge in [0.15, 0.2) is 0 Å². The lowest BCUT2D eigenvalue weighted by Gasteiger charge is -2.09. The Morgan fingerprint density at radius 3 is 2.67 bits per heavy atom. The molecule has 1 rings (SSSR count). The molecule has 0 atom stereocenters. The van der Waals surface area contributed by atoms with Crippen LogP contribution in [-0.2, 0) is 0 Å². The Hall–Kier alpha value is -0.490. The molecule has 0 amide bonds. The summed E-state index contributed by atoms with van der Waals surface area (Å²) in [6, 6.07) is 1.56. The Morgan fingerprint density at radius 2 is 2.13 bits per heavy atom. The Kier molecular flexibility index (Phi) is 4.21. The zero-order valence-corrected chi connectivity index (χ0v) is 9.75. The summed E-state index contributed by atoms with van der Waals surface area (Å²) in [5.41, 5.74) is 0. The molecule has 2 nitrogen and oxygen atoms in total. The highest BCUT2D eigenvalue weighted by Crippen LogP contribution is 2.24. The van der Waals surface area contributed by atoms with Crippen LogP contribution in [0.15, 0.2) is 16.7 Å². The van der Waals surface area contributed by atoms with Gasteiger partial charge < -0.3 is 5.32 Å². The van der Waals surface area contributed by atoms with Crippen molar-refractivity contribution in [3.63, 3.8) is 0 Å². The SMILES string of the molecule is FC(F)(F)CCNc1ncc(Cl)cc1Br. The first kappa shape index (κ1) is 12.6. The van der Waals surface area contributed by atoms with E-state index < -0.39 is 12.6 Å². The number of hydrogen-bond acceptors (Lipinski definition) is 2. The highest BCUT2D eigenvalue weighted by molar-refractivity contribution is 9.10. The van der Waals surface area contributed by atoms with E-state index in [1.165, 1.54) is 6.20 Å². The van der Waals surface area contributed by atoms with E-state index in [2.05, 4.69) is 26.2 Å². The monoisotopic (exact) mass is 302 g/mol. The maximum atomic E-state index is 11.8. The van der Waals surface area contributed by atoms with Crippen molar-refractivity contribution in [2.24, 2.45) is 0 Å². The number of nitrogens with one attached hydrogen (secondary N) is 1. The van der Waals surface area contributed by atoms with E-state index in [0.29, 0.717) is 15.3 Å². The zero-order valence-electron chi connectivity index (χ0n) is 7.41. The highest BCUT2D eigenvalue weighted by atomic mass is 79.9. The number of aromatic nitrogens is 1. The molecule has 0 saturated carbocycles. The van der Waals surface area contributed by atoms with Gasteiger partial charge >= 0.3 is 6.18 Å². The molecule has 1 heterocycles. The first-order valence-electron chi connectivity index (χ1n) is 4.00. The van der Waals surface area contributed by atoms with Crippen molar-refractivity contribution in [3.8, 4) is 0 Å². The van der Waals surface area contributed by atoms with Gasteiger partial charge in [-0.1, -0.05) is 11.6 Å². The number of alkyl halides is 3. The third-order valence-electron chi connectivity index (χ3n) is 1.51. The molecule has 1 N–H and O–H groups in total. The average molecular weight is 304 g/mol. The van der Waals surface area contributed by atoms with E-state index in [1.807, 2.05) is 0 Å². The quantitative estimate of drug-likeness (QED) is 0.917. The zero-order chi connectivity index (χ0) is 11.5. The van der Waals surface area contributed by atoms with Crippen molar-refractivity contribution in [3.05, 3.63) is 21.8 Å². The number of pyridine rings is 1. The Morgan fingerprint density at radius 1 is 1.47 bits per heavy atom. The first-order chi connectivity index (χ1) is 6.88. The standard InChI is InChI=1S/C8H7BrClF3N2/c9-6-3-5(10)4-15-7(6)14-2-1-8(11,12)13/h3-4H,1-2H2,(H,14,15). The van der Waals surface area contributed by atoms with E-state index in [1.54, 1.807) is 6.07 Å². The predicted molar refractivity (Wildman–Crippen MR) is 56.1 cm³/mol. The van der Waals surface area contributed by atoms with Crippen LogP contribution in [0, 0.1) is 0 Å². The van der Waals surface area contributed by atoms with Crippen LogP contribution in [-0.4, -0.2) is 17.7 Å². The van der Waals surface area contributed by atoms with Gasteiger partial charge in [0.25, 0.3) is 0 Å². The summed E-state index contributed by atoms with van der Waals surface area (Å²) in [6.07, 6.45) is -3.70. The minimum absolute atomic E-state index is 0.212. The number of nitrogens with zero attached hydrogens (tertiary/aromatic N) is 1. The molecule has 0 fully saturated rings. The Balaban J connectivity index is 2.51. The van der Waals surface area contributed by atoms with Gasteiger partial charge in [-0.15, -0.1) is 0 Å². The largest absolute Gasteiger partial charge is 0.390 e. The van der Waals surface area contributed by atoms with Crippen LogP contribution >= 0.6 is 27.5 Å². The molecule has 7 heteroatoms. The molecular weight excluding hydrogens is 296 g/mol. The summed E-state index contributed by atoms with van der Waals surface area (Å²) in [5, 5.41) is 2.98. The third kappa shape index (κ3) is 4.70. The Labute approximate surface area is 98.0 Å². The van der Waals surface area contributed by atoms with Crippen molar-refractivity contribution in [1.29, 1.82) is 0 Å². The fourth-order valence-electron chi connectivity index (χ4n) is 0.867. The molecule has 84 valence electrons. The summed E-state index contributed by atoms with van der Waals surface area (Å²) in [5.74, 6) is 0.351. The van der Waals surface area contributed by atoms with E-state index >= 15 is 0 Å². The van der Waals surface area contributed by atoms with Gasteiger partial charge in [0.2, 0.25) is 0 Å². The second-order valence-electron chi connectivity index (χ2n) is 2.78. The van der Waals surface area contributed by atoms with Crippen LogP contribution in [0.1, 0.15) is 6.42 Å². The van der Waals surface area contributed by atoms with Gasteiger partial charge in [0.05, 0.1) is 15.9 Å². The maximum absolute atomic E-state index is 11.8. The molecule has 0 radical (unpaired) electrons. The summed E-state index contributed by atoms with van der Waals surface area (Å²) in [7, 11) is 0. The second kappa shape index (κ2) is 5.03. The molecule has 0 bridgehead atoms. The van der Waals surface area contributed by atoms with Gasteiger partial charge in [-0.2, -0.15) is 13.2 Å². The molecule has 0 saturated heterocycles. The summed E-state index contributed by atoms with van der Waals surface area (Å²) >= 11 is 8.76. The van der Waals surface area contributed by atoms with Crippen molar-refractivity contribution < 1.29 is 13.2 Å². The van der Waals surface area contributed by atoms with Gasteiger partial charge in [-0.25, -0.2) is 4.98 Å². The van der Waals surface area contributed by atoms with E-state index in [9.17, 15) is 13.2 Å². The summed E-state index contributed by atoms with van der Waals surface area (Å²) < 4.78 is 36.0. The van der Waals surface area contributed by atoms with Crippen molar-refractivity contribution >= 4 is 33.3 Å². The van der Waals surface area contributed by atoms with Crippen LogP contribution in [0.3, 0.4) is 0 Å². The predicted octanol–water partition coefficient (Wildman–Crippen LogP) is 3.86. The molecule has 0 spiro atoms. The average Bonchev–Trinajstić information content (AvgIpc) is 2.07. The highest BCUT2D eigenvalue weighted by Gasteiger charge is 2.26. The van der Waals surface area contributed by atoms with Crippen LogP contribution in [0.5, 0.6) is 0 Å². The molecular formula is C8H7BrClF3N2. The van der Waals surface area contributed by atoms with Crippen LogP contribution in [0.4, 0.5) is 19.0 Å². The summed E-state index contributed by atoms with van der Waals surface area (Å²) in [6.45, 7) is -0.212. The third-order valence-corrected chi connectivity index (χ3v) is 2.32. The van der Waals surface area contributed by atoms with Crippen LogP contribution < -0.4 is 5.32 Å². The van der Waals surface area contributed by atoms with Gasteiger partial charge in [-0.05, 0) is 22.0 Å². The maximum Gasteiger partial charge on any atom is 0.390 e. The minimum Gasteiger partial charge on any atom is -0.369 e. The molecule has 0 aliphatic carbocycles. The van der Waals surface area contributed by atoms with Gasteiger partial charge in [-0.3, -0.25) is 0 Å². The molecule has 0 unspecified atom stereocenters. The van der Waals surface area contributed by atoms with Crippen molar-refractivity contribution in [2.45, 2.75) is 12.6 Å². The number of anilines is 1. The van der Waals surface area contributed by atoms with E-state index in [0.717, 1.165) is 0 Å². The second-order valence-corrected chi connectivity index (χ2v) is 4.07. The molecule has 0 aliphatic heterocycles. The fraction of sp³-hybridized carbons (Fsp3) is 0.375. The summed E-state index contributed by atoms with van der Waals surface area (Å²) in [4.78, 5) is 3.84. The smallest absolute Gasteiger partial charge is 0.369 e. The normalized spacial score (nSPS) is 11.5. The lowest BCUT2D eigenvalue weighted by Crippen LogP contribution is -2.15. The first-order valence-corrected chi connectivity index (χ1v) is 5.17. The number of rotatable bonds is 3. The fourth-order valence-corrected chi connectivity index (χ4v) is 1.65. The Bertz CT molecular complexity index is 343. The van der Waals surface area contributed by atoms with E-state index in [4.69, 9.17) is 11.6 Å². The lowest BCUT2D eigenvalue weighted by atomic mass is 10.4. The minimum atomic E-state index is -4.16. The van der Waals surface area contributed by atoms with Crippen molar-refractivity contribution in [1.82, 2.24) is 4.98 Å².